The fourth-order valence-electron chi connectivity index (χ4n) is 7.20. The number of nitrogens with zero attached hydrogens (tertiary/aromatic N) is 4. The Kier molecular flexibility index (Phi) is 10.6. The second-order valence-electron chi connectivity index (χ2n) is 17.8. The predicted molar refractivity (Wildman–Crippen MR) is 212 cm³/mol. The summed E-state index contributed by atoms with van der Waals surface area (Å²) in [4.78, 5) is 72.4. The third-order valence-electron chi connectivity index (χ3n) is 9.71. The highest BCUT2D eigenvalue weighted by Crippen LogP contribution is 2.35. The van der Waals surface area contributed by atoms with Gasteiger partial charge >= 0.3 is 12.2 Å². The standard InChI is InChI=1S/C42H54N8O6/c1-39(2,3)55-37(53)47-41(7,8)35(51)49-21-11-13-31(49)33-43-27-19-17-25(23-29(27)45-33)15-16-26-18-20-28-30(24-26)46-34(44-28)32-14-12-22-50(32)36(52)42(9,10)48-38(54)56-40(4,5)6/h17-20,23-24,31-32H,11-14,21-22H2,1-10H3,(H,43,45)(H,44,46)(H,47,53)(H,48,54)/t31-,32-/m0/s1. The normalized spacial score (nSPS) is 17.8. The molecule has 0 saturated carbocycles. The number of fused-ring (bicyclic) bond motifs is 2. The summed E-state index contributed by atoms with van der Waals surface area (Å²) in [6, 6.07) is 11.0. The second-order valence-corrected chi connectivity index (χ2v) is 17.8. The maximum atomic E-state index is 13.7. The third-order valence-corrected chi connectivity index (χ3v) is 9.71. The Morgan fingerprint density at radius 1 is 0.643 bits per heavy atom. The lowest BCUT2D eigenvalue weighted by Gasteiger charge is -2.33. The van der Waals surface area contributed by atoms with Gasteiger partial charge in [-0.05, 0) is 131 Å². The predicted octanol–water partition coefficient (Wildman–Crippen LogP) is 6.77. The Bertz CT molecular complexity index is 2070. The number of likely N-dealkylation sites (tertiary alicyclic amines) is 2. The molecule has 2 saturated heterocycles. The average molecular weight is 767 g/mol. The van der Waals surface area contributed by atoms with Gasteiger partial charge < -0.3 is 39.9 Å². The van der Waals surface area contributed by atoms with Crippen LogP contribution in [0.1, 0.15) is 130 Å². The number of amides is 4. The van der Waals surface area contributed by atoms with Crippen LogP contribution in [0.25, 0.3) is 22.1 Å². The Labute approximate surface area is 327 Å². The zero-order valence-corrected chi connectivity index (χ0v) is 34.1. The molecule has 0 aliphatic carbocycles. The monoisotopic (exact) mass is 766 g/mol. The first kappa shape index (κ1) is 40.1. The van der Waals surface area contributed by atoms with Gasteiger partial charge in [-0.1, -0.05) is 11.8 Å². The summed E-state index contributed by atoms with van der Waals surface area (Å²) in [6.07, 6.45) is 1.85. The van der Waals surface area contributed by atoms with E-state index in [0.717, 1.165) is 58.9 Å². The largest absolute Gasteiger partial charge is 0.444 e. The first-order valence-electron chi connectivity index (χ1n) is 19.2. The summed E-state index contributed by atoms with van der Waals surface area (Å²) >= 11 is 0. The Morgan fingerprint density at radius 3 is 1.38 bits per heavy atom. The first-order valence-corrected chi connectivity index (χ1v) is 19.2. The quantitative estimate of drug-likeness (QED) is 0.156. The third kappa shape index (κ3) is 9.09. The highest BCUT2D eigenvalue weighted by molar-refractivity contribution is 5.90. The van der Waals surface area contributed by atoms with Gasteiger partial charge in [0.05, 0.1) is 34.2 Å². The van der Waals surface area contributed by atoms with Crippen LogP contribution in [0.5, 0.6) is 0 Å². The highest BCUT2D eigenvalue weighted by Gasteiger charge is 2.42. The van der Waals surface area contributed by atoms with Gasteiger partial charge in [-0.25, -0.2) is 19.6 Å². The van der Waals surface area contributed by atoms with Crippen LogP contribution in [0, 0.1) is 11.8 Å². The molecule has 56 heavy (non-hydrogen) atoms. The van der Waals surface area contributed by atoms with Gasteiger partial charge in [-0.15, -0.1) is 0 Å². The van der Waals surface area contributed by atoms with Crippen LogP contribution in [0.15, 0.2) is 36.4 Å². The van der Waals surface area contributed by atoms with E-state index in [4.69, 9.17) is 19.4 Å². The van der Waals surface area contributed by atoms with Crippen molar-refractivity contribution in [3.63, 3.8) is 0 Å². The van der Waals surface area contributed by atoms with E-state index in [1.165, 1.54) is 0 Å². The summed E-state index contributed by atoms with van der Waals surface area (Å²) in [5.41, 5.74) is 1.05. The van der Waals surface area contributed by atoms with E-state index in [1.807, 2.05) is 36.4 Å². The molecule has 0 bridgehead atoms. The lowest BCUT2D eigenvalue weighted by molar-refractivity contribution is -0.138. The van der Waals surface area contributed by atoms with Gasteiger partial charge in [0.15, 0.2) is 0 Å². The molecule has 4 heterocycles. The zero-order chi connectivity index (χ0) is 40.8. The van der Waals surface area contributed by atoms with Crippen molar-refractivity contribution in [1.29, 1.82) is 0 Å². The molecule has 0 radical (unpaired) electrons. The van der Waals surface area contributed by atoms with E-state index in [-0.39, 0.29) is 23.9 Å². The molecule has 2 aromatic heterocycles. The molecular weight excluding hydrogens is 713 g/mol. The van der Waals surface area contributed by atoms with Crippen LogP contribution in [0.3, 0.4) is 0 Å². The van der Waals surface area contributed by atoms with Crippen molar-refractivity contribution in [3.8, 4) is 11.8 Å². The van der Waals surface area contributed by atoms with Crippen LogP contribution >= 0.6 is 0 Å². The number of nitrogens with one attached hydrogen (secondary N) is 4. The van der Waals surface area contributed by atoms with Crippen molar-refractivity contribution in [2.45, 2.75) is 129 Å². The van der Waals surface area contributed by atoms with Crippen molar-refractivity contribution in [1.82, 2.24) is 40.4 Å². The molecule has 4 N–H and O–H groups in total. The minimum atomic E-state index is -1.17. The number of alkyl carbamates (subject to hydrolysis) is 2. The molecule has 2 aromatic carbocycles. The number of aromatic nitrogens is 4. The smallest absolute Gasteiger partial charge is 0.408 e. The molecule has 0 spiro atoms. The van der Waals surface area contributed by atoms with Gasteiger partial charge in [-0.2, -0.15) is 0 Å². The van der Waals surface area contributed by atoms with Gasteiger partial charge in [0.1, 0.15) is 33.9 Å². The summed E-state index contributed by atoms with van der Waals surface area (Å²) in [5.74, 6) is 7.49. The Morgan fingerprint density at radius 2 is 1.02 bits per heavy atom. The Hall–Kier alpha value is -5.58. The van der Waals surface area contributed by atoms with Crippen LogP contribution < -0.4 is 10.6 Å². The molecule has 4 amide bonds. The van der Waals surface area contributed by atoms with E-state index < -0.39 is 34.5 Å². The van der Waals surface area contributed by atoms with Crippen LogP contribution in [-0.2, 0) is 19.1 Å². The van der Waals surface area contributed by atoms with Crippen LogP contribution in [0.2, 0.25) is 0 Å². The van der Waals surface area contributed by atoms with Crippen molar-refractivity contribution in [2.24, 2.45) is 0 Å². The van der Waals surface area contributed by atoms with Gasteiger partial charge in [0.25, 0.3) is 0 Å². The lowest BCUT2D eigenvalue weighted by Crippen LogP contribution is -2.56. The number of aromatic amines is 2. The molecule has 2 aliphatic heterocycles. The molecular formula is C42H54N8O6. The van der Waals surface area contributed by atoms with Gasteiger partial charge in [0, 0.05) is 24.2 Å². The summed E-state index contributed by atoms with van der Waals surface area (Å²) in [6.45, 7) is 18.5. The SMILES string of the molecule is CC(C)(C)OC(=O)NC(C)(C)C(=O)N1CCC[C@H]1c1nc2ccc(C#Cc3ccc4nc([C@@H]5CCCN5C(=O)C(C)(C)NC(=O)OC(C)(C)C)[nH]c4c3)cc2[nH]1. The van der Waals surface area contributed by atoms with Gasteiger partial charge in [0.2, 0.25) is 11.8 Å². The molecule has 14 heteroatoms. The number of carbonyl (C=O) groups is 4. The van der Waals surface area contributed by atoms with Crippen LogP contribution in [-0.4, -0.2) is 89.1 Å². The minimum absolute atomic E-state index is 0.204. The number of hydrogen-bond donors (Lipinski definition) is 4. The zero-order valence-electron chi connectivity index (χ0n) is 34.1. The van der Waals surface area contributed by atoms with Gasteiger partial charge in [-0.3, -0.25) is 9.59 Å². The summed E-state index contributed by atoms with van der Waals surface area (Å²) in [7, 11) is 0. The number of hydrogen-bond acceptors (Lipinski definition) is 8. The molecule has 6 rings (SSSR count). The Balaban J connectivity index is 1.14. The summed E-state index contributed by atoms with van der Waals surface area (Å²) in [5, 5.41) is 5.47. The number of ether oxygens (including phenoxy) is 2. The van der Waals surface area contributed by atoms with Crippen molar-refractivity contribution in [2.75, 3.05) is 13.1 Å². The fraction of sp³-hybridized carbons (Fsp3) is 0.524. The first-order chi connectivity index (χ1) is 26.1. The second kappa shape index (κ2) is 14.8. The molecule has 298 valence electrons. The van der Waals surface area contributed by atoms with E-state index in [0.29, 0.717) is 24.7 Å². The number of H-pyrrole nitrogens is 2. The molecule has 2 aliphatic rings. The fourth-order valence-corrected chi connectivity index (χ4v) is 7.20. The highest BCUT2D eigenvalue weighted by atomic mass is 16.6. The van der Waals surface area contributed by atoms with Crippen molar-refractivity contribution in [3.05, 3.63) is 59.2 Å². The number of rotatable bonds is 6. The van der Waals surface area contributed by atoms with E-state index in [9.17, 15) is 19.2 Å². The van der Waals surface area contributed by atoms with Crippen molar-refractivity contribution < 1.29 is 28.7 Å². The van der Waals surface area contributed by atoms with Crippen molar-refractivity contribution >= 4 is 46.1 Å². The van der Waals surface area contributed by atoms with Crippen LogP contribution in [0.4, 0.5) is 9.59 Å². The number of benzene rings is 2. The topological polar surface area (TPSA) is 175 Å². The maximum absolute atomic E-state index is 13.7. The molecule has 2 atom stereocenters. The molecule has 4 aromatic rings. The summed E-state index contributed by atoms with van der Waals surface area (Å²) < 4.78 is 10.8. The average Bonchev–Trinajstić information content (AvgIpc) is 3.89. The van der Waals surface area contributed by atoms with E-state index in [1.54, 1.807) is 79.0 Å². The maximum Gasteiger partial charge on any atom is 0.408 e. The molecule has 14 nitrogen and oxygen atoms in total. The molecule has 0 unspecified atom stereocenters. The number of carbonyl (C=O) groups excluding carboxylic acids is 4. The minimum Gasteiger partial charge on any atom is -0.444 e. The lowest BCUT2D eigenvalue weighted by atomic mass is 10.0. The molecule has 2 fully saturated rings. The number of imidazole rings is 2. The van der Waals surface area contributed by atoms with E-state index in [2.05, 4.69) is 32.4 Å². The van der Waals surface area contributed by atoms with E-state index >= 15 is 0 Å².